The molecular formula is C10H14FNO. The summed E-state index contributed by atoms with van der Waals surface area (Å²) < 4.78 is 18.2. The monoisotopic (exact) mass is 183 g/mol. The smallest absolute Gasteiger partial charge is 0.165 e. The maximum absolute atomic E-state index is 13.3. The molecule has 0 bridgehead atoms. The van der Waals surface area contributed by atoms with Crippen molar-refractivity contribution < 1.29 is 9.13 Å². The number of methoxy groups -OCH3 is 1. The van der Waals surface area contributed by atoms with Gasteiger partial charge in [0.15, 0.2) is 11.6 Å². The summed E-state index contributed by atoms with van der Waals surface area (Å²) in [5.41, 5.74) is 7.20. The number of rotatable bonds is 2. The number of nitrogens with two attached hydrogens (primary N) is 1. The predicted octanol–water partition coefficient (Wildman–Crippen LogP) is 2.16. The van der Waals surface area contributed by atoms with E-state index in [0.717, 1.165) is 11.1 Å². The van der Waals surface area contributed by atoms with Gasteiger partial charge in [-0.25, -0.2) is 4.39 Å². The number of aryl methyl sites for hydroxylation is 1. The average molecular weight is 183 g/mol. The SMILES string of the molecule is COc1c(C)cc(C(C)N)cc1F. The van der Waals surface area contributed by atoms with E-state index in [0.29, 0.717) is 5.75 Å². The molecule has 0 aliphatic heterocycles. The lowest BCUT2D eigenvalue weighted by Gasteiger charge is -2.11. The summed E-state index contributed by atoms with van der Waals surface area (Å²) in [6.45, 7) is 3.62. The lowest BCUT2D eigenvalue weighted by atomic mass is 10.1. The third kappa shape index (κ3) is 1.98. The maximum Gasteiger partial charge on any atom is 0.165 e. The first kappa shape index (κ1) is 9.99. The van der Waals surface area contributed by atoms with Crippen LogP contribution < -0.4 is 10.5 Å². The van der Waals surface area contributed by atoms with Crippen molar-refractivity contribution in [3.8, 4) is 5.75 Å². The summed E-state index contributed by atoms with van der Waals surface area (Å²) >= 11 is 0. The molecule has 0 heterocycles. The topological polar surface area (TPSA) is 35.2 Å². The highest BCUT2D eigenvalue weighted by Crippen LogP contribution is 2.25. The highest BCUT2D eigenvalue weighted by atomic mass is 19.1. The third-order valence-corrected chi connectivity index (χ3v) is 1.98. The standard InChI is InChI=1S/C10H14FNO/c1-6-4-8(7(2)12)5-9(11)10(6)13-3/h4-5,7H,12H2,1-3H3. The Hall–Kier alpha value is -1.09. The fraction of sp³-hybridized carbons (Fsp3) is 0.400. The van der Waals surface area contributed by atoms with Gasteiger partial charge < -0.3 is 10.5 Å². The van der Waals surface area contributed by atoms with Gasteiger partial charge in [0.1, 0.15) is 0 Å². The highest BCUT2D eigenvalue weighted by Gasteiger charge is 2.09. The van der Waals surface area contributed by atoms with E-state index in [1.807, 2.05) is 13.0 Å². The summed E-state index contributed by atoms with van der Waals surface area (Å²) in [6, 6.07) is 3.10. The minimum atomic E-state index is -0.352. The van der Waals surface area contributed by atoms with E-state index in [9.17, 15) is 4.39 Å². The van der Waals surface area contributed by atoms with Crippen molar-refractivity contribution in [2.75, 3.05) is 7.11 Å². The second-order valence-corrected chi connectivity index (χ2v) is 3.14. The van der Waals surface area contributed by atoms with E-state index < -0.39 is 0 Å². The van der Waals surface area contributed by atoms with Crippen LogP contribution in [0, 0.1) is 12.7 Å². The Morgan fingerprint density at radius 3 is 2.46 bits per heavy atom. The zero-order chi connectivity index (χ0) is 10.0. The Bertz CT molecular complexity index is 287. The minimum Gasteiger partial charge on any atom is -0.493 e. The van der Waals surface area contributed by atoms with Crippen molar-refractivity contribution in [1.82, 2.24) is 0 Å². The molecule has 13 heavy (non-hydrogen) atoms. The maximum atomic E-state index is 13.3. The number of halogens is 1. The molecule has 0 aromatic heterocycles. The Morgan fingerprint density at radius 1 is 1.46 bits per heavy atom. The third-order valence-electron chi connectivity index (χ3n) is 1.98. The van der Waals surface area contributed by atoms with E-state index in [4.69, 9.17) is 10.5 Å². The van der Waals surface area contributed by atoms with Gasteiger partial charge in [-0.2, -0.15) is 0 Å². The quantitative estimate of drug-likeness (QED) is 0.762. The number of hydrogen-bond donors (Lipinski definition) is 1. The van der Waals surface area contributed by atoms with E-state index in [-0.39, 0.29) is 11.9 Å². The summed E-state index contributed by atoms with van der Waals surface area (Å²) in [4.78, 5) is 0. The normalized spacial score (nSPS) is 12.7. The van der Waals surface area contributed by atoms with Gasteiger partial charge in [-0.3, -0.25) is 0 Å². The van der Waals surface area contributed by atoms with Crippen LogP contribution in [0.3, 0.4) is 0 Å². The van der Waals surface area contributed by atoms with Crippen LogP contribution in [0.25, 0.3) is 0 Å². The van der Waals surface area contributed by atoms with Crippen molar-refractivity contribution in [2.24, 2.45) is 5.73 Å². The molecule has 1 atom stereocenters. The zero-order valence-electron chi connectivity index (χ0n) is 8.10. The molecule has 1 aromatic carbocycles. The molecule has 0 aliphatic rings. The van der Waals surface area contributed by atoms with Crippen molar-refractivity contribution in [3.05, 3.63) is 29.1 Å². The second kappa shape index (κ2) is 3.75. The largest absolute Gasteiger partial charge is 0.493 e. The van der Waals surface area contributed by atoms with Gasteiger partial charge in [-0.15, -0.1) is 0 Å². The van der Waals surface area contributed by atoms with Crippen molar-refractivity contribution >= 4 is 0 Å². The van der Waals surface area contributed by atoms with E-state index >= 15 is 0 Å². The summed E-state index contributed by atoms with van der Waals surface area (Å²) in [5, 5.41) is 0. The van der Waals surface area contributed by atoms with Crippen LogP contribution in [0.1, 0.15) is 24.1 Å². The molecule has 3 heteroatoms. The lowest BCUT2D eigenvalue weighted by molar-refractivity contribution is 0.383. The van der Waals surface area contributed by atoms with Crippen LogP contribution in [0.2, 0.25) is 0 Å². The van der Waals surface area contributed by atoms with Crippen LogP contribution >= 0.6 is 0 Å². The Kier molecular flexibility index (Phi) is 2.88. The van der Waals surface area contributed by atoms with Gasteiger partial charge in [0, 0.05) is 6.04 Å². The Labute approximate surface area is 77.5 Å². The van der Waals surface area contributed by atoms with E-state index in [2.05, 4.69) is 0 Å². The van der Waals surface area contributed by atoms with Gasteiger partial charge in [0.25, 0.3) is 0 Å². The molecule has 1 unspecified atom stereocenters. The first-order chi connectivity index (χ1) is 6.06. The first-order valence-corrected chi connectivity index (χ1v) is 4.16. The predicted molar refractivity (Wildman–Crippen MR) is 50.3 cm³/mol. The lowest BCUT2D eigenvalue weighted by Crippen LogP contribution is -2.06. The molecule has 0 saturated heterocycles. The Morgan fingerprint density at radius 2 is 2.08 bits per heavy atom. The molecule has 0 radical (unpaired) electrons. The number of benzene rings is 1. The average Bonchev–Trinajstić information content (AvgIpc) is 2.03. The molecule has 0 fully saturated rings. The molecule has 0 spiro atoms. The van der Waals surface area contributed by atoms with Crippen LogP contribution in [-0.4, -0.2) is 7.11 Å². The van der Waals surface area contributed by atoms with Gasteiger partial charge in [0.05, 0.1) is 7.11 Å². The molecule has 72 valence electrons. The fourth-order valence-corrected chi connectivity index (χ4v) is 1.28. The van der Waals surface area contributed by atoms with Crippen LogP contribution in [0.4, 0.5) is 4.39 Å². The van der Waals surface area contributed by atoms with Crippen molar-refractivity contribution in [3.63, 3.8) is 0 Å². The number of hydrogen-bond acceptors (Lipinski definition) is 2. The second-order valence-electron chi connectivity index (χ2n) is 3.14. The van der Waals surface area contributed by atoms with Crippen LogP contribution in [0.15, 0.2) is 12.1 Å². The minimum absolute atomic E-state index is 0.154. The molecule has 2 N–H and O–H groups in total. The molecule has 2 nitrogen and oxygen atoms in total. The van der Waals surface area contributed by atoms with Crippen molar-refractivity contribution in [1.29, 1.82) is 0 Å². The van der Waals surface area contributed by atoms with Gasteiger partial charge >= 0.3 is 0 Å². The van der Waals surface area contributed by atoms with E-state index in [1.54, 1.807) is 6.92 Å². The molecular weight excluding hydrogens is 169 g/mol. The van der Waals surface area contributed by atoms with Gasteiger partial charge in [-0.05, 0) is 31.0 Å². The van der Waals surface area contributed by atoms with Crippen LogP contribution in [0.5, 0.6) is 5.75 Å². The van der Waals surface area contributed by atoms with Gasteiger partial charge in [0.2, 0.25) is 0 Å². The number of ether oxygens (including phenoxy) is 1. The Balaban J connectivity index is 3.20. The van der Waals surface area contributed by atoms with Crippen LogP contribution in [-0.2, 0) is 0 Å². The van der Waals surface area contributed by atoms with Crippen molar-refractivity contribution in [2.45, 2.75) is 19.9 Å². The molecule has 1 aromatic rings. The summed E-state index contributed by atoms with van der Waals surface area (Å²) in [7, 11) is 1.46. The van der Waals surface area contributed by atoms with E-state index in [1.165, 1.54) is 13.2 Å². The molecule has 1 rings (SSSR count). The molecule has 0 saturated carbocycles. The fourth-order valence-electron chi connectivity index (χ4n) is 1.28. The molecule has 0 amide bonds. The summed E-state index contributed by atoms with van der Waals surface area (Å²) in [6.07, 6.45) is 0. The molecule has 0 aliphatic carbocycles. The highest BCUT2D eigenvalue weighted by molar-refractivity contribution is 5.38. The van der Waals surface area contributed by atoms with Gasteiger partial charge in [-0.1, -0.05) is 6.07 Å². The zero-order valence-corrected chi connectivity index (χ0v) is 8.10. The first-order valence-electron chi connectivity index (χ1n) is 4.16. The summed E-state index contributed by atoms with van der Waals surface area (Å²) in [5.74, 6) is -0.0563.